The minimum Gasteiger partial charge on any atom is -0.495 e. The molecule has 3 aromatic rings. The first-order chi connectivity index (χ1) is 16.5. The molecule has 1 fully saturated rings. The Morgan fingerprint density at radius 3 is 2.32 bits per heavy atom. The van der Waals surface area contributed by atoms with Crippen LogP contribution in [-0.4, -0.2) is 47.9 Å². The third-order valence-corrected chi connectivity index (χ3v) is 6.64. The monoisotopic (exact) mass is 482 g/mol. The summed E-state index contributed by atoms with van der Waals surface area (Å²) in [6, 6.07) is 20.1. The van der Waals surface area contributed by atoms with Crippen molar-refractivity contribution >= 4 is 38.8 Å². The van der Waals surface area contributed by atoms with Gasteiger partial charge in [0.25, 0.3) is 10.0 Å². The summed E-state index contributed by atoms with van der Waals surface area (Å²) in [7, 11) is -2.55. The number of carbonyl (C=O) groups excluding carboxylic acids is 1. The second-order valence-corrected chi connectivity index (χ2v) is 9.18. The van der Waals surface area contributed by atoms with E-state index in [2.05, 4.69) is 15.4 Å². The Labute approximate surface area is 198 Å². The molecule has 0 spiro atoms. The van der Waals surface area contributed by atoms with Gasteiger partial charge in [-0.25, -0.2) is 13.2 Å². The van der Waals surface area contributed by atoms with E-state index >= 15 is 0 Å². The van der Waals surface area contributed by atoms with Crippen LogP contribution in [0.2, 0.25) is 0 Å². The van der Waals surface area contributed by atoms with Crippen molar-refractivity contribution in [2.24, 2.45) is 0 Å². The van der Waals surface area contributed by atoms with E-state index < -0.39 is 16.1 Å². The number of anilines is 4. The number of amides is 2. The van der Waals surface area contributed by atoms with Crippen molar-refractivity contribution in [2.75, 3.05) is 53.7 Å². The highest BCUT2D eigenvalue weighted by Gasteiger charge is 2.25. The van der Waals surface area contributed by atoms with Crippen molar-refractivity contribution in [3.05, 3.63) is 72.8 Å². The van der Waals surface area contributed by atoms with Gasteiger partial charge in [-0.05, 0) is 42.5 Å². The quantitative estimate of drug-likeness (QED) is 0.470. The molecule has 1 heterocycles. The van der Waals surface area contributed by atoms with E-state index in [-0.39, 0.29) is 4.90 Å². The van der Waals surface area contributed by atoms with Gasteiger partial charge in [-0.2, -0.15) is 0 Å². The second kappa shape index (κ2) is 10.4. The van der Waals surface area contributed by atoms with Crippen LogP contribution in [-0.2, 0) is 14.8 Å². The number of hydrogen-bond acceptors (Lipinski definition) is 6. The maximum absolute atomic E-state index is 13.5. The van der Waals surface area contributed by atoms with Crippen molar-refractivity contribution in [1.29, 1.82) is 0 Å². The van der Waals surface area contributed by atoms with Crippen LogP contribution in [0.15, 0.2) is 77.7 Å². The summed E-state index contributed by atoms with van der Waals surface area (Å²) in [5, 5.41) is 5.43. The van der Waals surface area contributed by atoms with Gasteiger partial charge in [0.15, 0.2) is 0 Å². The molecule has 0 aliphatic carbocycles. The molecule has 0 unspecified atom stereocenters. The maximum atomic E-state index is 13.5. The van der Waals surface area contributed by atoms with Gasteiger partial charge >= 0.3 is 6.03 Å². The summed E-state index contributed by atoms with van der Waals surface area (Å²) in [5.74, 6) is 0.399. The first-order valence-corrected chi connectivity index (χ1v) is 12.2. The minimum absolute atomic E-state index is 0.0396. The van der Waals surface area contributed by atoms with E-state index in [1.165, 1.54) is 13.2 Å². The number of para-hydroxylation sites is 3. The first-order valence-electron chi connectivity index (χ1n) is 10.7. The Morgan fingerprint density at radius 1 is 0.912 bits per heavy atom. The molecule has 2 amide bonds. The maximum Gasteiger partial charge on any atom is 0.323 e. The molecule has 1 aliphatic rings. The topological polar surface area (TPSA) is 109 Å². The van der Waals surface area contributed by atoms with Crippen LogP contribution >= 0.6 is 0 Å². The largest absolute Gasteiger partial charge is 0.495 e. The number of ether oxygens (including phenoxy) is 2. The molecule has 0 aromatic heterocycles. The first kappa shape index (κ1) is 23.4. The third kappa shape index (κ3) is 5.59. The predicted molar refractivity (Wildman–Crippen MR) is 132 cm³/mol. The Hall–Kier alpha value is -3.76. The number of urea groups is 1. The van der Waals surface area contributed by atoms with Gasteiger partial charge in [0.2, 0.25) is 0 Å². The summed E-state index contributed by atoms with van der Waals surface area (Å²) in [6.07, 6.45) is 0. The van der Waals surface area contributed by atoms with Crippen LogP contribution in [0.5, 0.6) is 5.75 Å². The number of nitrogens with one attached hydrogen (secondary N) is 3. The number of methoxy groups -OCH3 is 1. The van der Waals surface area contributed by atoms with Crippen molar-refractivity contribution in [1.82, 2.24) is 0 Å². The van der Waals surface area contributed by atoms with Crippen molar-refractivity contribution in [3.63, 3.8) is 0 Å². The molecule has 3 aromatic carbocycles. The standard InChI is InChI=1S/C24H26N4O5S/c1-32-22-10-6-5-9-20(22)27-34(30,31)23-17-19(11-12-21(23)28-13-15-33-16-14-28)26-24(29)25-18-7-3-2-4-8-18/h2-12,17,27H,13-16H2,1H3,(H2,25,26,29). The van der Waals surface area contributed by atoms with Crippen LogP contribution in [0, 0.1) is 0 Å². The molecule has 10 heteroatoms. The molecule has 0 atom stereocenters. The van der Waals surface area contributed by atoms with Crippen LogP contribution in [0.3, 0.4) is 0 Å². The van der Waals surface area contributed by atoms with Crippen molar-refractivity contribution in [3.8, 4) is 5.75 Å². The van der Waals surface area contributed by atoms with Gasteiger partial charge in [0.1, 0.15) is 10.6 Å². The fourth-order valence-corrected chi connectivity index (χ4v) is 4.94. The number of carbonyl (C=O) groups is 1. The highest BCUT2D eigenvalue weighted by molar-refractivity contribution is 7.93. The molecular formula is C24H26N4O5S. The number of benzene rings is 3. The number of nitrogens with zero attached hydrogens (tertiary/aromatic N) is 1. The lowest BCUT2D eigenvalue weighted by Crippen LogP contribution is -2.37. The van der Waals surface area contributed by atoms with E-state index in [0.29, 0.717) is 54.8 Å². The molecule has 3 N–H and O–H groups in total. The summed E-state index contributed by atoms with van der Waals surface area (Å²) < 4.78 is 40.3. The summed E-state index contributed by atoms with van der Waals surface area (Å²) >= 11 is 0. The summed E-state index contributed by atoms with van der Waals surface area (Å²) in [6.45, 7) is 2.11. The summed E-state index contributed by atoms with van der Waals surface area (Å²) in [4.78, 5) is 14.5. The molecule has 0 bridgehead atoms. The van der Waals surface area contributed by atoms with Gasteiger partial charge in [-0.3, -0.25) is 4.72 Å². The molecule has 1 aliphatic heterocycles. The van der Waals surface area contributed by atoms with E-state index in [1.807, 2.05) is 11.0 Å². The predicted octanol–water partition coefficient (Wildman–Crippen LogP) is 3.98. The fourth-order valence-electron chi connectivity index (χ4n) is 3.62. The van der Waals surface area contributed by atoms with E-state index in [0.717, 1.165) is 0 Å². The lowest BCUT2D eigenvalue weighted by Gasteiger charge is -2.30. The smallest absolute Gasteiger partial charge is 0.323 e. The average molecular weight is 483 g/mol. The number of hydrogen-bond donors (Lipinski definition) is 3. The average Bonchev–Trinajstić information content (AvgIpc) is 2.85. The van der Waals surface area contributed by atoms with E-state index in [4.69, 9.17) is 9.47 Å². The Balaban J connectivity index is 1.65. The number of morpholine rings is 1. The van der Waals surface area contributed by atoms with Gasteiger partial charge in [-0.1, -0.05) is 30.3 Å². The normalized spacial score (nSPS) is 13.7. The highest BCUT2D eigenvalue weighted by Crippen LogP contribution is 2.33. The van der Waals surface area contributed by atoms with Crippen molar-refractivity contribution < 1.29 is 22.7 Å². The van der Waals surface area contributed by atoms with Crippen molar-refractivity contribution in [2.45, 2.75) is 4.90 Å². The Morgan fingerprint density at radius 2 is 1.59 bits per heavy atom. The highest BCUT2D eigenvalue weighted by atomic mass is 32.2. The zero-order valence-electron chi connectivity index (χ0n) is 18.7. The Kier molecular flexibility index (Phi) is 7.19. The molecule has 0 radical (unpaired) electrons. The fraction of sp³-hybridized carbons (Fsp3) is 0.208. The van der Waals surface area contributed by atoms with E-state index in [9.17, 15) is 13.2 Å². The van der Waals surface area contributed by atoms with Crippen LogP contribution < -0.4 is 25.0 Å². The Bertz CT molecular complexity index is 1250. The van der Waals surface area contributed by atoms with E-state index in [1.54, 1.807) is 60.7 Å². The molecule has 4 rings (SSSR count). The molecule has 178 valence electrons. The summed E-state index contributed by atoms with van der Waals surface area (Å²) in [5.41, 5.74) is 1.80. The third-order valence-electron chi connectivity index (χ3n) is 5.24. The van der Waals surface area contributed by atoms with Gasteiger partial charge in [0, 0.05) is 24.5 Å². The zero-order chi connectivity index (χ0) is 24.0. The van der Waals surface area contributed by atoms with Crippen LogP contribution in [0.1, 0.15) is 0 Å². The van der Waals surface area contributed by atoms with Crippen LogP contribution in [0.4, 0.5) is 27.5 Å². The second-order valence-electron chi connectivity index (χ2n) is 7.53. The van der Waals surface area contributed by atoms with Gasteiger partial charge < -0.3 is 25.0 Å². The zero-order valence-corrected chi connectivity index (χ0v) is 19.5. The molecule has 1 saturated heterocycles. The molecular weight excluding hydrogens is 456 g/mol. The van der Waals surface area contributed by atoms with Gasteiger partial charge in [-0.15, -0.1) is 0 Å². The SMILES string of the molecule is COc1ccccc1NS(=O)(=O)c1cc(NC(=O)Nc2ccccc2)ccc1N1CCOCC1. The van der Waals surface area contributed by atoms with Crippen LogP contribution in [0.25, 0.3) is 0 Å². The minimum atomic E-state index is -4.03. The lowest BCUT2D eigenvalue weighted by atomic mass is 10.2. The molecule has 0 saturated carbocycles. The lowest BCUT2D eigenvalue weighted by molar-refractivity contribution is 0.122. The number of rotatable bonds is 7. The molecule has 34 heavy (non-hydrogen) atoms. The molecule has 9 nitrogen and oxygen atoms in total. The number of sulfonamides is 1. The van der Waals surface area contributed by atoms with Gasteiger partial charge in [0.05, 0.1) is 31.7 Å².